The molecule has 0 spiro atoms. The highest BCUT2D eigenvalue weighted by molar-refractivity contribution is 9.11. The predicted octanol–water partition coefficient (Wildman–Crippen LogP) is 2.99. The number of ether oxygens (including phenoxy) is 1. The van der Waals surface area contributed by atoms with Crippen LogP contribution in [0.5, 0.6) is 11.6 Å². The lowest BCUT2D eigenvalue weighted by Gasteiger charge is -2.11. The van der Waals surface area contributed by atoms with Crippen molar-refractivity contribution in [1.29, 1.82) is 5.41 Å². The summed E-state index contributed by atoms with van der Waals surface area (Å²) in [6.45, 7) is 0. The van der Waals surface area contributed by atoms with Crippen LogP contribution in [-0.4, -0.2) is 21.0 Å². The molecule has 21 heavy (non-hydrogen) atoms. The number of nitrogen functional groups attached to an aromatic ring is 1. The molecule has 2 rings (SSSR count). The zero-order valence-electron chi connectivity index (χ0n) is 10.2. The van der Waals surface area contributed by atoms with Gasteiger partial charge in [0, 0.05) is 12.1 Å². The Hall–Kier alpha value is -2.07. The number of benzene rings is 1. The van der Waals surface area contributed by atoms with Crippen LogP contribution >= 0.6 is 31.9 Å². The molecule has 0 unspecified atom stereocenters. The summed E-state index contributed by atoms with van der Waals surface area (Å²) in [7, 11) is 0. The Labute approximate surface area is 135 Å². The van der Waals surface area contributed by atoms with Gasteiger partial charge in [-0.3, -0.25) is 15.5 Å². The maximum absolute atomic E-state index is 10.8. The third-order valence-corrected chi connectivity index (χ3v) is 3.55. The highest BCUT2D eigenvalue weighted by Gasteiger charge is 2.18. The fourth-order valence-electron chi connectivity index (χ4n) is 1.45. The van der Waals surface area contributed by atoms with Gasteiger partial charge in [-0.2, -0.15) is 5.10 Å². The smallest absolute Gasteiger partial charge is 0.271 e. The molecule has 8 nitrogen and oxygen atoms in total. The molecule has 0 saturated carbocycles. The minimum Gasteiger partial charge on any atom is -0.435 e. The van der Waals surface area contributed by atoms with Crippen molar-refractivity contribution in [2.45, 2.75) is 0 Å². The maximum Gasteiger partial charge on any atom is 0.271 e. The Morgan fingerprint density at radius 1 is 1.38 bits per heavy atom. The molecule has 0 aliphatic carbocycles. The van der Waals surface area contributed by atoms with Gasteiger partial charge in [0.1, 0.15) is 5.84 Å². The average molecular weight is 417 g/mol. The summed E-state index contributed by atoms with van der Waals surface area (Å²) in [6.07, 6.45) is 1.38. The normalized spacial score (nSPS) is 10.2. The van der Waals surface area contributed by atoms with E-state index in [1.54, 1.807) is 0 Å². The zero-order valence-corrected chi connectivity index (χ0v) is 13.4. The Morgan fingerprint density at radius 3 is 2.52 bits per heavy atom. The highest BCUT2D eigenvalue weighted by atomic mass is 79.9. The second kappa shape index (κ2) is 6.14. The van der Waals surface area contributed by atoms with Crippen LogP contribution in [-0.2, 0) is 0 Å². The number of aromatic nitrogens is 2. The molecule has 1 heterocycles. The second-order valence-electron chi connectivity index (χ2n) is 3.76. The minimum atomic E-state index is -0.525. The van der Waals surface area contributed by atoms with Crippen molar-refractivity contribution >= 4 is 43.4 Å². The molecule has 1 aromatic carbocycles. The number of nitrogens with one attached hydrogen (secondary N) is 1. The molecule has 0 bridgehead atoms. The maximum atomic E-state index is 10.8. The fraction of sp³-hybridized carbons (Fsp3) is 0. The van der Waals surface area contributed by atoms with Gasteiger partial charge >= 0.3 is 0 Å². The second-order valence-corrected chi connectivity index (χ2v) is 5.47. The van der Waals surface area contributed by atoms with E-state index < -0.39 is 4.92 Å². The molecule has 0 atom stereocenters. The van der Waals surface area contributed by atoms with Crippen LogP contribution in [0, 0.1) is 15.5 Å². The van der Waals surface area contributed by atoms with Crippen LogP contribution < -0.4 is 10.5 Å². The lowest BCUT2D eigenvalue weighted by atomic mass is 10.2. The van der Waals surface area contributed by atoms with Crippen molar-refractivity contribution in [2.75, 3.05) is 0 Å². The average Bonchev–Trinajstić information content (AvgIpc) is 2.42. The first kappa shape index (κ1) is 15.3. The Kier molecular flexibility index (Phi) is 4.48. The SMILES string of the molecule is N=C(N)c1ccnnc1Oc1c(Br)cc([N+](=O)[O-])cc1Br. The molecule has 3 N–H and O–H groups in total. The van der Waals surface area contributed by atoms with E-state index in [4.69, 9.17) is 15.9 Å². The molecule has 108 valence electrons. The highest BCUT2D eigenvalue weighted by Crippen LogP contribution is 2.39. The van der Waals surface area contributed by atoms with E-state index in [2.05, 4.69) is 42.1 Å². The van der Waals surface area contributed by atoms with Gasteiger partial charge in [0.05, 0.1) is 25.6 Å². The van der Waals surface area contributed by atoms with Crippen molar-refractivity contribution < 1.29 is 9.66 Å². The van der Waals surface area contributed by atoms with E-state index in [1.165, 1.54) is 24.4 Å². The number of nitro groups is 1. The number of non-ortho nitro benzene ring substituents is 1. The lowest BCUT2D eigenvalue weighted by Crippen LogP contribution is -2.13. The molecular weight excluding hydrogens is 410 g/mol. The van der Waals surface area contributed by atoms with Crippen molar-refractivity contribution in [3.8, 4) is 11.6 Å². The molecule has 0 fully saturated rings. The Morgan fingerprint density at radius 2 is 2.00 bits per heavy atom. The van der Waals surface area contributed by atoms with Gasteiger partial charge in [0.2, 0.25) is 5.88 Å². The van der Waals surface area contributed by atoms with Gasteiger partial charge < -0.3 is 10.5 Å². The lowest BCUT2D eigenvalue weighted by molar-refractivity contribution is -0.385. The van der Waals surface area contributed by atoms with Crippen LogP contribution in [0.25, 0.3) is 0 Å². The van der Waals surface area contributed by atoms with Crippen LogP contribution in [0.1, 0.15) is 5.56 Å². The summed E-state index contributed by atoms with van der Waals surface area (Å²) < 4.78 is 6.26. The summed E-state index contributed by atoms with van der Waals surface area (Å²) in [4.78, 5) is 10.2. The molecule has 1 aromatic heterocycles. The van der Waals surface area contributed by atoms with Gasteiger partial charge in [-0.05, 0) is 37.9 Å². The Bertz CT molecular complexity index is 715. The molecule has 0 amide bonds. The van der Waals surface area contributed by atoms with E-state index in [-0.39, 0.29) is 28.7 Å². The van der Waals surface area contributed by atoms with Crippen LogP contribution in [0.3, 0.4) is 0 Å². The van der Waals surface area contributed by atoms with E-state index in [1.807, 2.05) is 0 Å². The first-order valence-corrected chi connectivity index (χ1v) is 6.96. The van der Waals surface area contributed by atoms with E-state index in [0.29, 0.717) is 8.95 Å². The quantitative estimate of drug-likeness (QED) is 0.341. The topological polar surface area (TPSA) is 128 Å². The van der Waals surface area contributed by atoms with Crippen LogP contribution in [0.2, 0.25) is 0 Å². The van der Waals surface area contributed by atoms with Crippen molar-refractivity contribution in [3.05, 3.63) is 49.0 Å². The molecule has 2 aromatic rings. The fourth-order valence-corrected chi connectivity index (χ4v) is 2.77. The van der Waals surface area contributed by atoms with Gasteiger partial charge in [-0.1, -0.05) is 0 Å². The van der Waals surface area contributed by atoms with E-state index >= 15 is 0 Å². The summed E-state index contributed by atoms with van der Waals surface area (Å²) in [5, 5.41) is 25.7. The van der Waals surface area contributed by atoms with Crippen LogP contribution in [0.4, 0.5) is 5.69 Å². The summed E-state index contributed by atoms with van der Waals surface area (Å²) in [5.41, 5.74) is 5.59. The van der Waals surface area contributed by atoms with Gasteiger partial charge in [-0.25, -0.2) is 0 Å². The van der Waals surface area contributed by atoms with Crippen molar-refractivity contribution in [2.24, 2.45) is 5.73 Å². The third kappa shape index (κ3) is 3.34. The number of nitrogens with two attached hydrogens (primary N) is 1. The number of amidine groups is 1. The number of halogens is 2. The van der Waals surface area contributed by atoms with Crippen molar-refractivity contribution in [1.82, 2.24) is 10.2 Å². The zero-order chi connectivity index (χ0) is 15.6. The molecule has 0 saturated heterocycles. The van der Waals surface area contributed by atoms with Gasteiger partial charge in [0.15, 0.2) is 5.75 Å². The summed E-state index contributed by atoms with van der Waals surface area (Å²) >= 11 is 6.39. The first-order chi connectivity index (χ1) is 9.90. The Balaban J connectivity index is 2.46. The monoisotopic (exact) mass is 415 g/mol. The summed E-state index contributed by atoms with van der Waals surface area (Å²) in [5.74, 6) is 0.0675. The molecule has 0 aliphatic rings. The molecule has 0 radical (unpaired) electrons. The number of rotatable bonds is 4. The molecule has 0 aliphatic heterocycles. The van der Waals surface area contributed by atoms with Gasteiger partial charge in [0.25, 0.3) is 5.69 Å². The first-order valence-electron chi connectivity index (χ1n) is 5.37. The number of nitrogens with zero attached hydrogens (tertiary/aromatic N) is 3. The number of nitro benzene ring substituents is 1. The molecule has 10 heteroatoms. The number of hydrogen-bond acceptors (Lipinski definition) is 6. The largest absolute Gasteiger partial charge is 0.435 e. The standard InChI is InChI=1S/C11H7Br2N5O3/c12-7-3-5(18(19)20)4-8(13)9(7)21-11-6(10(14)15)1-2-16-17-11/h1-4H,(H3,14,15). The predicted molar refractivity (Wildman–Crippen MR) is 81.6 cm³/mol. The third-order valence-electron chi connectivity index (χ3n) is 2.37. The van der Waals surface area contributed by atoms with Crippen molar-refractivity contribution in [3.63, 3.8) is 0 Å². The van der Waals surface area contributed by atoms with Gasteiger partial charge in [-0.15, -0.1) is 5.10 Å². The van der Waals surface area contributed by atoms with E-state index in [0.717, 1.165) is 0 Å². The minimum absolute atomic E-state index is 0.0280. The van der Waals surface area contributed by atoms with Crippen LogP contribution in [0.15, 0.2) is 33.3 Å². The number of hydrogen-bond donors (Lipinski definition) is 2. The summed E-state index contributed by atoms with van der Waals surface area (Å²) in [6, 6.07) is 4.08. The molecular formula is C11H7Br2N5O3. The van der Waals surface area contributed by atoms with E-state index in [9.17, 15) is 10.1 Å².